The second-order valence-electron chi connectivity index (χ2n) is 8.77. The maximum atomic E-state index is 12.9. The van der Waals surface area contributed by atoms with E-state index in [0.29, 0.717) is 25.1 Å². The summed E-state index contributed by atoms with van der Waals surface area (Å²) < 4.78 is 0. The molecule has 3 amide bonds. The molecule has 0 spiro atoms. The summed E-state index contributed by atoms with van der Waals surface area (Å²) in [6.45, 7) is 3.85. The van der Waals surface area contributed by atoms with E-state index in [1.54, 1.807) is 20.0 Å². The quantitative estimate of drug-likeness (QED) is 0.213. The number of nitrogens with zero attached hydrogens (tertiary/aromatic N) is 2. The normalized spacial score (nSPS) is 18.2. The van der Waals surface area contributed by atoms with Gasteiger partial charge in [-0.3, -0.25) is 19.2 Å². The first-order valence-electron chi connectivity index (χ1n) is 11.1. The maximum absolute atomic E-state index is 12.9. The molecule has 1 aromatic heterocycles. The number of H-pyrrole nitrogens is 1. The van der Waals surface area contributed by atoms with E-state index in [0.717, 1.165) is 0 Å². The number of nitrogens with two attached hydrogens (primary N) is 1. The van der Waals surface area contributed by atoms with Crippen molar-refractivity contribution < 1.29 is 34.2 Å². The Bertz CT molecular complexity index is 888. The Kier molecular flexibility index (Phi) is 9.54. The molecule has 0 aliphatic carbocycles. The molecule has 4 unspecified atom stereocenters. The predicted octanol–water partition coefficient (Wildman–Crippen LogP) is -1.15. The number of carboxylic acid groups (broad SMARTS) is 2. The Hall–Kier alpha value is -3.48. The molecular weight excluding hydrogens is 448 g/mol. The molecule has 0 saturated carbocycles. The molecule has 13 heteroatoms. The van der Waals surface area contributed by atoms with Gasteiger partial charge in [-0.1, -0.05) is 13.8 Å². The second kappa shape index (κ2) is 12.1. The van der Waals surface area contributed by atoms with Crippen LogP contribution in [-0.4, -0.2) is 85.5 Å². The monoisotopic (exact) mass is 480 g/mol. The summed E-state index contributed by atoms with van der Waals surface area (Å²) in [5, 5.41) is 23.2. The van der Waals surface area contributed by atoms with E-state index >= 15 is 0 Å². The molecule has 1 aromatic rings. The molecule has 1 aliphatic heterocycles. The number of hydrogen-bond donors (Lipinski definition) is 6. The van der Waals surface area contributed by atoms with Gasteiger partial charge in [-0.05, 0) is 25.2 Å². The SMILES string of the molecule is CC(C)CC(NC(=O)C(CC(=O)O)NC(=O)C1CCCN1C(=O)C(N)Cc1cnc[nH]1)C(=O)O. The minimum atomic E-state index is -1.50. The van der Waals surface area contributed by atoms with Gasteiger partial charge in [0.2, 0.25) is 17.7 Å². The van der Waals surface area contributed by atoms with Crippen LogP contribution in [-0.2, 0) is 30.4 Å². The summed E-state index contributed by atoms with van der Waals surface area (Å²) in [4.78, 5) is 69.3. The fourth-order valence-corrected chi connectivity index (χ4v) is 3.85. The molecule has 1 saturated heterocycles. The van der Waals surface area contributed by atoms with E-state index in [2.05, 4.69) is 20.6 Å². The molecule has 34 heavy (non-hydrogen) atoms. The molecule has 0 bridgehead atoms. The number of imidazole rings is 1. The molecule has 7 N–H and O–H groups in total. The first-order chi connectivity index (χ1) is 16.0. The van der Waals surface area contributed by atoms with Crippen LogP contribution in [0.2, 0.25) is 0 Å². The first-order valence-corrected chi connectivity index (χ1v) is 11.1. The number of amides is 3. The van der Waals surface area contributed by atoms with Gasteiger partial charge >= 0.3 is 11.9 Å². The summed E-state index contributed by atoms with van der Waals surface area (Å²) >= 11 is 0. The van der Waals surface area contributed by atoms with Crippen molar-refractivity contribution >= 4 is 29.7 Å². The number of aromatic nitrogens is 2. The summed E-state index contributed by atoms with van der Waals surface area (Å²) in [6, 6.07) is -4.57. The van der Waals surface area contributed by atoms with Gasteiger partial charge in [-0.15, -0.1) is 0 Å². The van der Waals surface area contributed by atoms with Crippen molar-refractivity contribution in [2.75, 3.05) is 6.54 Å². The van der Waals surface area contributed by atoms with Gasteiger partial charge < -0.3 is 36.5 Å². The van der Waals surface area contributed by atoms with Crippen molar-refractivity contribution in [3.8, 4) is 0 Å². The van der Waals surface area contributed by atoms with Crippen LogP contribution in [0.3, 0.4) is 0 Å². The molecular formula is C21H32N6O7. The summed E-state index contributed by atoms with van der Waals surface area (Å²) in [5.41, 5.74) is 6.68. The molecule has 188 valence electrons. The number of carbonyl (C=O) groups excluding carboxylic acids is 3. The van der Waals surface area contributed by atoms with Gasteiger partial charge in [0, 0.05) is 24.9 Å². The molecule has 1 aliphatic rings. The number of rotatable bonds is 12. The lowest BCUT2D eigenvalue weighted by molar-refractivity contribution is -0.145. The third-order valence-electron chi connectivity index (χ3n) is 5.48. The zero-order chi connectivity index (χ0) is 25.4. The zero-order valence-electron chi connectivity index (χ0n) is 19.2. The van der Waals surface area contributed by atoms with Gasteiger partial charge in [-0.2, -0.15) is 0 Å². The van der Waals surface area contributed by atoms with Gasteiger partial charge in [0.05, 0.1) is 18.8 Å². The summed E-state index contributed by atoms with van der Waals surface area (Å²) in [7, 11) is 0. The van der Waals surface area contributed by atoms with Crippen LogP contribution in [0.1, 0.15) is 45.2 Å². The van der Waals surface area contributed by atoms with Crippen LogP contribution in [0.15, 0.2) is 12.5 Å². The molecule has 4 atom stereocenters. The summed E-state index contributed by atoms with van der Waals surface area (Å²) in [5.74, 6) is -4.72. The van der Waals surface area contributed by atoms with Crippen LogP contribution in [0.4, 0.5) is 0 Å². The lowest BCUT2D eigenvalue weighted by Gasteiger charge is -2.28. The van der Waals surface area contributed by atoms with E-state index in [-0.39, 0.29) is 18.8 Å². The van der Waals surface area contributed by atoms with Gasteiger partial charge in [0.15, 0.2) is 0 Å². The van der Waals surface area contributed by atoms with Crippen LogP contribution in [0.5, 0.6) is 0 Å². The van der Waals surface area contributed by atoms with Gasteiger partial charge in [0.25, 0.3) is 0 Å². The number of carboxylic acids is 2. The van der Waals surface area contributed by atoms with Gasteiger partial charge in [0.1, 0.15) is 18.1 Å². The van der Waals surface area contributed by atoms with Crippen LogP contribution in [0, 0.1) is 5.92 Å². The van der Waals surface area contributed by atoms with E-state index in [9.17, 15) is 34.2 Å². The lowest BCUT2D eigenvalue weighted by Crippen LogP contribution is -2.57. The molecule has 0 radical (unpaired) electrons. The number of hydrogen-bond acceptors (Lipinski definition) is 7. The first kappa shape index (κ1) is 26.8. The fourth-order valence-electron chi connectivity index (χ4n) is 3.85. The smallest absolute Gasteiger partial charge is 0.326 e. The van der Waals surface area contributed by atoms with Gasteiger partial charge in [-0.25, -0.2) is 9.78 Å². The topological polar surface area (TPSA) is 208 Å². The predicted molar refractivity (Wildman–Crippen MR) is 118 cm³/mol. The molecule has 2 heterocycles. The van der Waals surface area contributed by atoms with E-state index < -0.39 is 60.2 Å². The summed E-state index contributed by atoms with van der Waals surface area (Å²) in [6.07, 6.45) is 3.44. The van der Waals surface area contributed by atoms with Crippen molar-refractivity contribution in [2.45, 2.75) is 70.1 Å². The van der Waals surface area contributed by atoms with Crippen LogP contribution in [0.25, 0.3) is 0 Å². The zero-order valence-corrected chi connectivity index (χ0v) is 19.2. The third kappa shape index (κ3) is 7.54. The average molecular weight is 481 g/mol. The number of nitrogens with one attached hydrogen (secondary N) is 3. The Morgan fingerprint density at radius 2 is 1.91 bits per heavy atom. The average Bonchev–Trinajstić information content (AvgIpc) is 3.43. The van der Waals surface area contributed by atoms with Crippen molar-refractivity contribution in [3.63, 3.8) is 0 Å². The highest BCUT2D eigenvalue weighted by Gasteiger charge is 2.38. The number of aliphatic carboxylic acids is 2. The molecule has 2 rings (SSSR count). The van der Waals surface area contributed by atoms with Crippen molar-refractivity contribution in [1.29, 1.82) is 0 Å². The minimum Gasteiger partial charge on any atom is -0.481 e. The van der Waals surface area contributed by atoms with E-state index in [4.69, 9.17) is 5.73 Å². The number of likely N-dealkylation sites (tertiary alicyclic amines) is 1. The van der Waals surface area contributed by atoms with Crippen molar-refractivity contribution in [2.24, 2.45) is 11.7 Å². The number of aromatic amines is 1. The molecule has 1 fully saturated rings. The van der Waals surface area contributed by atoms with Crippen molar-refractivity contribution in [1.82, 2.24) is 25.5 Å². The standard InChI is InChI=1S/C21H32N6O7/c1-11(2)6-15(21(33)34)26-18(30)14(8-17(28)29)25-19(31)16-4-3-5-27(16)20(32)13(22)7-12-9-23-10-24-12/h9-11,13-16H,3-8,22H2,1-2H3,(H,23,24)(H,25,31)(H,26,30)(H,28,29)(H,33,34). The van der Waals surface area contributed by atoms with Crippen LogP contribution >= 0.6 is 0 Å². The largest absolute Gasteiger partial charge is 0.481 e. The van der Waals surface area contributed by atoms with E-state index in [1.807, 2.05) is 0 Å². The third-order valence-corrected chi connectivity index (χ3v) is 5.48. The maximum Gasteiger partial charge on any atom is 0.326 e. The van der Waals surface area contributed by atoms with E-state index in [1.165, 1.54) is 11.2 Å². The highest BCUT2D eigenvalue weighted by molar-refractivity contribution is 5.95. The minimum absolute atomic E-state index is 0.0436. The fraction of sp³-hybridized carbons (Fsp3) is 0.619. The Balaban J connectivity index is 2.07. The lowest BCUT2D eigenvalue weighted by atomic mass is 10.0. The van der Waals surface area contributed by atoms with Crippen LogP contribution < -0.4 is 16.4 Å². The highest BCUT2D eigenvalue weighted by atomic mass is 16.4. The second-order valence-corrected chi connectivity index (χ2v) is 8.77. The molecule has 0 aromatic carbocycles. The number of carbonyl (C=O) groups is 5. The molecule has 13 nitrogen and oxygen atoms in total. The Labute approximate surface area is 196 Å². The Morgan fingerprint density at radius 1 is 1.21 bits per heavy atom. The highest BCUT2D eigenvalue weighted by Crippen LogP contribution is 2.19. The Morgan fingerprint density at radius 3 is 2.47 bits per heavy atom. The van der Waals surface area contributed by atoms with Crippen molar-refractivity contribution in [3.05, 3.63) is 18.2 Å².